The Morgan fingerprint density at radius 1 is 1.40 bits per heavy atom. The predicted octanol–water partition coefficient (Wildman–Crippen LogP) is 2.62. The molecule has 0 aromatic heterocycles. The third kappa shape index (κ3) is 5.16. The highest BCUT2D eigenvalue weighted by atomic mass is 79.9. The number of nitrogens with one attached hydrogen (secondary N) is 3. The minimum Gasteiger partial charge on any atom is -0.354 e. The van der Waals surface area contributed by atoms with Gasteiger partial charge < -0.3 is 16.0 Å². The summed E-state index contributed by atoms with van der Waals surface area (Å²) in [7, 11) is 0. The Morgan fingerprint density at radius 2 is 2.10 bits per heavy atom. The third-order valence-corrected chi connectivity index (χ3v) is 3.13. The fourth-order valence-corrected chi connectivity index (χ4v) is 1.86. The second-order valence-corrected chi connectivity index (χ2v) is 5.09. The quantitative estimate of drug-likeness (QED) is 0.767. The van der Waals surface area contributed by atoms with Crippen LogP contribution < -0.4 is 16.0 Å². The predicted molar refractivity (Wildman–Crippen MR) is 79.0 cm³/mol. The van der Waals surface area contributed by atoms with Crippen LogP contribution in [0, 0.1) is 5.82 Å². The summed E-state index contributed by atoms with van der Waals surface area (Å²) in [4.78, 5) is 23.3. The van der Waals surface area contributed by atoms with E-state index in [-0.39, 0.29) is 5.91 Å². The Balaban J connectivity index is 2.52. The molecule has 1 rings (SSSR count). The maximum Gasteiger partial charge on any atom is 0.319 e. The molecule has 110 valence electrons. The molecule has 0 heterocycles. The maximum absolute atomic E-state index is 12.9. The minimum absolute atomic E-state index is 0.250. The Hall–Kier alpha value is -1.63. The van der Waals surface area contributed by atoms with Gasteiger partial charge in [0.25, 0.3) is 0 Å². The maximum atomic E-state index is 12.9. The molecule has 0 bridgehead atoms. The molecule has 0 aliphatic carbocycles. The lowest BCUT2D eigenvalue weighted by atomic mass is 10.3. The summed E-state index contributed by atoms with van der Waals surface area (Å²) < 4.78 is 13.3. The summed E-state index contributed by atoms with van der Waals surface area (Å²) in [6.45, 7) is 4.09. The number of hydrogen-bond acceptors (Lipinski definition) is 2. The Bertz CT molecular complexity index is 497. The van der Waals surface area contributed by atoms with E-state index < -0.39 is 17.9 Å². The van der Waals surface area contributed by atoms with E-state index in [4.69, 9.17) is 0 Å². The fraction of sp³-hybridized carbons (Fsp3) is 0.385. The van der Waals surface area contributed by atoms with E-state index >= 15 is 0 Å². The molecule has 1 aromatic rings. The fourth-order valence-electron chi connectivity index (χ4n) is 1.41. The van der Waals surface area contributed by atoms with E-state index in [9.17, 15) is 14.0 Å². The van der Waals surface area contributed by atoms with E-state index in [1.54, 1.807) is 6.92 Å². The zero-order chi connectivity index (χ0) is 15.1. The van der Waals surface area contributed by atoms with Gasteiger partial charge in [0.1, 0.15) is 11.9 Å². The van der Waals surface area contributed by atoms with Crippen molar-refractivity contribution in [2.24, 2.45) is 0 Å². The first-order valence-electron chi connectivity index (χ1n) is 6.24. The van der Waals surface area contributed by atoms with Crippen LogP contribution in [0.2, 0.25) is 0 Å². The number of rotatable bonds is 5. The van der Waals surface area contributed by atoms with Crippen LogP contribution in [0.25, 0.3) is 0 Å². The van der Waals surface area contributed by atoms with Crippen molar-refractivity contribution in [2.75, 3.05) is 11.9 Å². The molecule has 1 aromatic carbocycles. The summed E-state index contributed by atoms with van der Waals surface area (Å²) in [6, 6.07) is 2.73. The van der Waals surface area contributed by atoms with Crippen molar-refractivity contribution in [1.29, 1.82) is 0 Å². The molecule has 0 aliphatic heterocycles. The summed E-state index contributed by atoms with van der Waals surface area (Å²) in [5.74, 6) is -0.657. The summed E-state index contributed by atoms with van der Waals surface area (Å²) in [5.41, 5.74) is 0.421. The molecule has 0 saturated heterocycles. The topological polar surface area (TPSA) is 70.2 Å². The largest absolute Gasteiger partial charge is 0.354 e. The van der Waals surface area contributed by atoms with Gasteiger partial charge in [0.05, 0.1) is 5.69 Å². The zero-order valence-corrected chi connectivity index (χ0v) is 12.9. The first-order valence-corrected chi connectivity index (χ1v) is 7.03. The van der Waals surface area contributed by atoms with Gasteiger partial charge in [-0.05, 0) is 47.5 Å². The first-order chi connectivity index (χ1) is 9.43. The molecule has 0 aliphatic rings. The van der Waals surface area contributed by atoms with Crippen molar-refractivity contribution in [3.63, 3.8) is 0 Å². The van der Waals surface area contributed by atoms with Crippen molar-refractivity contribution in [3.05, 3.63) is 28.5 Å². The molecule has 1 atom stereocenters. The number of anilines is 1. The van der Waals surface area contributed by atoms with Gasteiger partial charge in [-0.1, -0.05) is 6.92 Å². The summed E-state index contributed by atoms with van der Waals surface area (Å²) in [6.07, 6.45) is 0.827. The lowest BCUT2D eigenvalue weighted by Crippen LogP contribution is -2.46. The van der Waals surface area contributed by atoms with Crippen LogP contribution in [0.5, 0.6) is 0 Å². The third-order valence-electron chi connectivity index (χ3n) is 2.47. The van der Waals surface area contributed by atoms with Gasteiger partial charge in [-0.2, -0.15) is 0 Å². The highest BCUT2D eigenvalue weighted by molar-refractivity contribution is 9.10. The molecule has 0 unspecified atom stereocenters. The molecule has 3 amide bonds. The second-order valence-electron chi connectivity index (χ2n) is 4.24. The van der Waals surface area contributed by atoms with Crippen LogP contribution in [0.1, 0.15) is 20.3 Å². The van der Waals surface area contributed by atoms with Gasteiger partial charge in [0.2, 0.25) is 5.91 Å². The number of carbonyl (C=O) groups excluding carboxylic acids is 2. The highest BCUT2D eigenvalue weighted by Gasteiger charge is 2.15. The molecule has 0 fully saturated rings. The minimum atomic E-state index is -0.652. The molecule has 0 saturated carbocycles. The van der Waals surface area contributed by atoms with Crippen LogP contribution in [0.4, 0.5) is 14.9 Å². The van der Waals surface area contributed by atoms with E-state index in [0.717, 1.165) is 6.42 Å². The van der Waals surface area contributed by atoms with Gasteiger partial charge in [-0.3, -0.25) is 4.79 Å². The number of benzene rings is 1. The number of hydrogen-bond donors (Lipinski definition) is 3. The van der Waals surface area contributed by atoms with Gasteiger partial charge in [-0.25, -0.2) is 9.18 Å². The van der Waals surface area contributed by atoms with Crippen LogP contribution >= 0.6 is 15.9 Å². The normalized spacial score (nSPS) is 11.6. The summed E-state index contributed by atoms with van der Waals surface area (Å²) >= 11 is 3.14. The van der Waals surface area contributed by atoms with Crippen LogP contribution in [0.15, 0.2) is 22.7 Å². The van der Waals surface area contributed by atoms with Crippen LogP contribution in [-0.2, 0) is 4.79 Å². The average Bonchev–Trinajstić information content (AvgIpc) is 2.39. The Morgan fingerprint density at radius 3 is 2.70 bits per heavy atom. The van der Waals surface area contributed by atoms with Gasteiger partial charge in [0, 0.05) is 11.0 Å². The Kier molecular flexibility index (Phi) is 6.44. The second kappa shape index (κ2) is 7.84. The average molecular weight is 346 g/mol. The zero-order valence-electron chi connectivity index (χ0n) is 11.3. The smallest absolute Gasteiger partial charge is 0.319 e. The van der Waals surface area contributed by atoms with E-state index in [1.165, 1.54) is 18.2 Å². The van der Waals surface area contributed by atoms with Crippen LogP contribution in [-0.4, -0.2) is 24.5 Å². The number of carbonyl (C=O) groups is 2. The van der Waals surface area contributed by atoms with Crippen LogP contribution in [0.3, 0.4) is 0 Å². The van der Waals surface area contributed by atoms with Gasteiger partial charge >= 0.3 is 6.03 Å². The van der Waals surface area contributed by atoms with E-state index in [0.29, 0.717) is 16.7 Å². The van der Waals surface area contributed by atoms with Crippen molar-refractivity contribution < 1.29 is 14.0 Å². The van der Waals surface area contributed by atoms with Gasteiger partial charge in [-0.15, -0.1) is 0 Å². The van der Waals surface area contributed by atoms with Crippen molar-refractivity contribution >= 4 is 33.6 Å². The van der Waals surface area contributed by atoms with E-state index in [1.807, 2.05) is 6.92 Å². The molecular weight excluding hydrogens is 329 g/mol. The number of urea groups is 1. The molecule has 20 heavy (non-hydrogen) atoms. The molecule has 3 N–H and O–H groups in total. The lowest BCUT2D eigenvalue weighted by molar-refractivity contribution is -0.122. The number of halogens is 2. The van der Waals surface area contributed by atoms with Crippen molar-refractivity contribution in [3.8, 4) is 0 Å². The molecular formula is C13H17BrFN3O2. The monoisotopic (exact) mass is 345 g/mol. The standard InChI is InChI=1S/C13H17BrFN3O2/c1-3-6-16-12(19)8(2)17-13(20)18-11-5-4-9(15)7-10(11)14/h4-5,7-8H,3,6H2,1-2H3,(H,16,19)(H2,17,18,20)/t8-/m1/s1. The SMILES string of the molecule is CCCNC(=O)[C@@H](C)NC(=O)Nc1ccc(F)cc1Br. The highest BCUT2D eigenvalue weighted by Crippen LogP contribution is 2.22. The van der Waals surface area contributed by atoms with E-state index in [2.05, 4.69) is 31.9 Å². The molecule has 0 radical (unpaired) electrons. The lowest BCUT2D eigenvalue weighted by Gasteiger charge is -2.15. The molecule has 0 spiro atoms. The molecule has 5 nitrogen and oxygen atoms in total. The van der Waals surface area contributed by atoms with Crippen molar-refractivity contribution in [1.82, 2.24) is 10.6 Å². The van der Waals surface area contributed by atoms with Gasteiger partial charge in [0.15, 0.2) is 0 Å². The van der Waals surface area contributed by atoms with Crippen molar-refractivity contribution in [2.45, 2.75) is 26.3 Å². The summed E-state index contributed by atoms with van der Waals surface area (Å²) in [5, 5.41) is 7.72. The Labute approximate surface area is 125 Å². The molecule has 7 heteroatoms. The first kappa shape index (κ1) is 16.4. The number of amides is 3.